The number of hydrogen-bond donors (Lipinski definition) is 1. The van der Waals surface area contributed by atoms with Crippen molar-refractivity contribution in [2.24, 2.45) is 5.92 Å². The molecular weight excluding hydrogens is 322 g/mol. The summed E-state index contributed by atoms with van der Waals surface area (Å²) < 4.78 is 0. The van der Waals surface area contributed by atoms with Gasteiger partial charge in [0.1, 0.15) is 0 Å². The summed E-state index contributed by atoms with van der Waals surface area (Å²) in [5, 5.41) is 3.91. The zero-order valence-electron chi connectivity index (χ0n) is 14.3. The first kappa shape index (κ1) is 17.6. The van der Waals surface area contributed by atoms with Crippen LogP contribution < -0.4 is 10.2 Å². The summed E-state index contributed by atoms with van der Waals surface area (Å²) in [6.45, 7) is 5.11. The van der Waals surface area contributed by atoms with E-state index in [1.54, 1.807) is 0 Å². The normalized spacial score (nSPS) is 20.1. The molecule has 2 fully saturated rings. The third-order valence-electron chi connectivity index (χ3n) is 5.23. The van der Waals surface area contributed by atoms with Gasteiger partial charge in [-0.15, -0.1) is 0 Å². The number of piperazine rings is 1. The molecule has 1 saturated heterocycles. The van der Waals surface area contributed by atoms with Crippen molar-refractivity contribution >= 4 is 23.2 Å². The maximum Gasteiger partial charge on any atom is 0.234 e. The van der Waals surface area contributed by atoms with Crippen LogP contribution in [0, 0.1) is 5.92 Å². The molecule has 132 valence electrons. The number of carbonyl (C=O) groups is 1. The molecule has 4 nitrogen and oxygen atoms in total. The minimum absolute atomic E-state index is 0.178. The summed E-state index contributed by atoms with van der Waals surface area (Å²) in [5.41, 5.74) is 1.17. The second-order valence-electron chi connectivity index (χ2n) is 7.05. The van der Waals surface area contributed by atoms with Crippen LogP contribution in [0.15, 0.2) is 24.3 Å². The standard InChI is InChI=1S/C19H28ClN3O/c20-17-7-4-8-18(13-17)23-11-9-22(10-12-23)15-19(24)21-14-16-5-2-1-3-6-16/h4,7-8,13,16H,1-3,5-6,9-12,14-15H2,(H,21,24). The van der Waals surface area contributed by atoms with Gasteiger partial charge in [0.25, 0.3) is 0 Å². The Morgan fingerprint density at radius 3 is 2.58 bits per heavy atom. The molecule has 1 amide bonds. The molecule has 1 heterocycles. The molecule has 3 rings (SSSR count). The second kappa shape index (κ2) is 8.72. The van der Waals surface area contributed by atoms with Crippen molar-refractivity contribution in [2.45, 2.75) is 32.1 Å². The van der Waals surface area contributed by atoms with Gasteiger partial charge in [-0.2, -0.15) is 0 Å². The molecule has 2 aliphatic rings. The molecule has 0 radical (unpaired) electrons. The van der Waals surface area contributed by atoms with Crippen molar-refractivity contribution < 1.29 is 4.79 Å². The molecule has 0 atom stereocenters. The highest BCUT2D eigenvalue weighted by Gasteiger charge is 2.20. The molecule has 1 saturated carbocycles. The van der Waals surface area contributed by atoms with Crippen LogP contribution >= 0.6 is 11.6 Å². The molecule has 1 aliphatic heterocycles. The summed E-state index contributed by atoms with van der Waals surface area (Å²) in [7, 11) is 0. The van der Waals surface area contributed by atoms with Gasteiger partial charge < -0.3 is 10.2 Å². The predicted molar refractivity (Wildman–Crippen MR) is 99.7 cm³/mol. The number of hydrogen-bond acceptors (Lipinski definition) is 3. The maximum absolute atomic E-state index is 12.2. The van der Waals surface area contributed by atoms with E-state index in [4.69, 9.17) is 11.6 Å². The SMILES string of the molecule is O=C(CN1CCN(c2cccc(Cl)c2)CC1)NCC1CCCCC1. The van der Waals surface area contributed by atoms with Crippen molar-refractivity contribution in [3.05, 3.63) is 29.3 Å². The van der Waals surface area contributed by atoms with Gasteiger partial charge in [0.05, 0.1) is 6.54 Å². The Kier molecular flexibility index (Phi) is 6.38. The lowest BCUT2D eigenvalue weighted by atomic mass is 9.89. The van der Waals surface area contributed by atoms with Crippen LogP contribution in [-0.2, 0) is 4.79 Å². The quantitative estimate of drug-likeness (QED) is 0.887. The zero-order chi connectivity index (χ0) is 16.8. The number of halogens is 1. The smallest absolute Gasteiger partial charge is 0.234 e. The topological polar surface area (TPSA) is 35.6 Å². The molecule has 1 N–H and O–H groups in total. The van der Waals surface area contributed by atoms with Crippen LogP contribution in [0.4, 0.5) is 5.69 Å². The first-order valence-corrected chi connectivity index (χ1v) is 9.58. The number of anilines is 1. The molecule has 1 aromatic rings. The zero-order valence-corrected chi connectivity index (χ0v) is 15.1. The van der Waals surface area contributed by atoms with Crippen LogP contribution in [0.3, 0.4) is 0 Å². The van der Waals surface area contributed by atoms with E-state index >= 15 is 0 Å². The molecule has 0 aromatic heterocycles. The lowest BCUT2D eigenvalue weighted by Crippen LogP contribution is -2.49. The van der Waals surface area contributed by atoms with Crippen molar-refractivity contribution in [3.8, 4) is 0 Å². The van der Waals surface area contributed by atoms with Gasteiger partial charge in [-0.05, 0) is 37.0 Å². The molecule has 1 aliphatic carbocycles. The van der Waals surface area contributed by atoms with Crippen molar-refractivity contribution in [1.29, 1.82) is 0 Å². The van der Waals surface area contributed by atoms with E-state index in [2.05, 4.69) is 21.2 Å². The van der Waals surface area contributed by atoms with E-state index in [9.17, 15) is 4.79 Å². The highest BCUT2D eigenvalue weighted by atomic mass is 35.5. The molecule has 0 spiro atoms. The first-order valence-electron chi connectivity index (χ1n) is 9.20. The average Bonchev–Trinajstić information content (AvgIpc) is 2.61. The first-order chi connectivity index (χ1) is 11.7. The fourth-order valence-corrected chi connectivity index (χ4v) is 3.93. The van der Waals surface area contributed by atoms with Gasteiger partial charge in [-0.25, -0.2) is 0 Å². The van der Waals surface area contributed by atoms with E-state index in [0.29, 0.717) is 12.5 Å². The Labute approximate surface area is 150 Å². The third kappa shape index (κ3) is 5.12. The average molecular weight is 350 g/mol. The van der Waals surface area contributed by atoms with Crippen molar-refractivity contribution in [2.75, 3.05) is 44.2 Å². The second-order valence-corrected chi connectivity index (χ2v) is 7.49. The summed E-state index contributed by atoms with van der Waals surface area (Å²) in [6.07, 6.45) is 6.57. The Morgan fingerprint density at radius 1 is 1.12 bits per heavy atom. The van der Waals surface area contributed by atoms with Gasteiger partial charge >= 0.3 is 0 Å². The summed E-state index contributed by atoms with van der Waals surface area (Å²) in [6, 6.07) is 7.99. The molecular formula is C19H28ClN3O. The van der Waals surface area contributed by atoms with Crippen LogP contribution in [0.5, 0.6) is 0 Å². The summed E-state index contributed by atoms with van der Waals surface area (Å²) >= 11 is 6.07. The summed E-state index contributed by atoms with van der Waals surface area (Å²) in [4.78, 5) is 16.7. The number of carbonyl (C=O) groups excluding carboxylic acids is 1. The molecule has 0 unspecified atom stereocenters. The predicted octanol–water partition coefficient (Wildman–Crippen LogP) is 3.16. The van der Waals surface area contributed by atoms with Gasteiger partial charge in [0.2, 0.25) is 5.91 Å². The Hall–Kier alpha value is -1.26. The number of amides is 1. The maximum atomic E-state index is 12.2. The third-order valence-corrected chi connectivity index (χ3v) is 5.46. The van der Waals surface area contributed by atoms with Gasteiger partial charge in [-0.3, -0.25) is 9.69 Å². The molecule has 24 heavy (non-hydrogen) atoms. The lowest BCUT2D eigenvalue weighted by Gasteiger charge is -2.35. The van der Waals surface area contributed by atoms with Gasteiger partial charge in [0.15, 0.2) is 0 Å². The van der Waals surface area contributed by atoms with E-state index < -0.39 is 0 Å². The molecule has 1 aromatic carbocycles. The number of benzene rings is 1. The van der Waals surface area contributed by atoms with Crippen LogP contribution in [-0.4, -0.2) is 50.1 Å². The van der Waals surface area contributed by atoms with Crippen LogP contribution in [0.1, 0.15) is 32.1 Å². The van der Waals surface area contributed by atoms with Gasteiger partial charge in [0, 0.05) is 43.4 Å². The number of nitrogens with zero attached hydrogens (tertiary/aromatic N) is 2. The highest BCUT2D eigenvalue weighted by molar-refractivity contribution is 6.30. The van der Waals surface area contributed by atoms with Crippen molar-refractivity contribution in [3.63, 3.8) is 0 Å². The van der Waals surface area contributed by atoms with E-state index in [0.717, 1.165) is 37.7 Å². The molecule has 5 heteroatoms. The Bertz CT molecular complexity index is 537. The Balaban J connectivity index is 1.38. The largest absolute Gasteiger partial charge is 0.369 e. The van der Waals surface area contributed by atoms with Gasteiger partial charge in [-0.1, -0.05) is 36.9 Å². The number of nitrogens with one attached hydrogen (secondary N) is 1. The minimum atomic E-state index is 0.178. The summed E-state index contributed by atoms with van der Waals surface area (Å²) in [5.74, 6) is 0.874. The Morgan fingerprint density at radius 2 is 1.88 bits per heavy atom. The fraction of sp³-hybridized carbons (Fsp3) is 0.632. The number of rotatable bonds is 5. The highest BCUT2D eigenvalue weighted by Crippen LogP contribution is 2.23. The van der Waals surface area contributed by atoms with E-state index in [1.807, 2.05) is 18.2 Å². The lowest BCUT2D eigenvalue weighted by molar-refractivity contribution is -0.122. The van der Waals surface area contributed by atoms with Crippen LogP contribution in [0.2, 0.25) is 5.02 Å². The van der Waals surface area contributed by atoms with Crippen LogP contribution in [0.25, 0.3) is 0 Å². The van der Waals surface area contributed by atoms with E-state index in [-0.39, 0.29) is 5.91 Å². The minimum Gasteiger partial charge on any atom is -0.369 e. The van der Waals surface area contributed by atoms with E-state index in [1.165, 1.54) is 37.8 Å². The van der Waals surface area contributed by atoms with Crippen molar-refractivity contribution in [1.82, 2.24) is 10.2 Å². The fourth-order valence-electron chi connectivity index (χ4n) is 3.75. The monoisotopic (exact) mass is 349 g/mol. The molecule has 0 bridgehead atoms.